The fourth-order valence-corrected chi connectivity index (χ4v) is 5.07. The molecule has 2 atom stereocenters. The molecule has 2 amide bonds. The van der Waals surface area contributed by atoms with E-state index in [9.17, 15) is 19.7 Å². The summed E-state index contributed by atoms with van der Waals surface area (Å²) in [5, 5.41) is 14.7. The van der Waals surface area contributed by atoms with E-state index in [1.807, 2.05) is 44.2 Å². The van der Waals surface area contributed by atoms with Crippen molar-refractivity contribution in [2.75, 3.05) is 5.75 Å². The summed E-state index contributed by atoms with van der Waals surface area (Å²) in [7, 11) is 0. The number of rotatable bonds is 13. The predicted octanol–water partition coefficient (Wildman–Crippen LogP) is 6.69. The molecule has 0 aliphatic heterocycles. The number of hydrogen-bond acceptors (Lipinski definition) is 5. The van der Waals surface area contributed by atoms with E-state index in [2.05, 4.69) is 5.32 Å². The van der Waals surface area contributed by atoms with Crippen molar-refractivity contribution in [1.29, 1.82) is 0 Å². The lowest BCUT2D eigenvalue weighted by Gasteiger charge is -2.32. The number of carbonyl (C=O) groups excluding carboxylic acids is 2. The first-order valence-electron chi connectivity index (χ1n) is 12.6. The number of carbonyl (C=O) groups is 2. The molecule has 0 heterocycles. The largest absolute Gasteiger partial charge is 0.352 e. The first kappa shape index (κ1) is 30.5. The van der Waals surface area contributed by atoms with E-state index in [1.165, 1.54) is 23.9 Å². The summed E-state index contributed by atoms with van der Waals surface area (Å²) >= 11 is 13.8. The minimum absolute atomic E-state index is 0.0173. The monoisotopic (exact) mass is 587 g/mol. The second-order valence-electron chi connectivity index (χ2n) is 9.21. The van der Waals surface area contributed by atoms with Gasteiger partial charge in [-0.1, -0.05) is 78.7 Å². The third-order valence-electron chi connectivity index (χ3n) is 6.25. The summed E-state index contributed by atoms with van der Waals surface area (Å²) < 4.78 is 0. The van der Waals surface area contributed by atoms with E-state index in [0.29, 0.717) is 22.2 Å². The molecule has 206 valence electrons. The molecule has 0 radical (unpaired) electrons. The van der Waals surface area contributed by atoms with Gasteiger partial charge in [-0.05, 0) is 42.2 Å². The molecule has 7 nitrogen and oxygen atoms in total. The van der Waals surface area contributed by atoms with Gasteiger partial charge < -0.3 is 10.2 Å². The van der Waals surface area contributed by atoms with Gasteiger partial charge in [-0.25, -0.2) is 0 Å². The lowest BCUT2D eigenvalue weighted by atomic mass is 10.0. The average Bonchev–Trinajstić information content (AvgIpc) is 2.93. The number of nitrogens with zero attached hydrogens (tertiary/aromatic N) is 2. The fourth-order valence-electron chi connectivity index (χ4n) is 3.88. The molecule has 0 unspecified atom stereocenters. The molecule has 3 rings (SSSR count). The van der Waals surface area contributed by atoms with Gasteiger partial charge in [-0.15, -0.1) is 11.8 Å². The van der Waals surface area contributed by atoms with Crippen LogP contribution >= 0.6 is 35.0 Å². The van der Waals surface area contributed by atoms with Gasteiger partial charge in [0, 0.05) is 36.9 Å². The number of hydrogen-bond donors (Lipinski definition) is 1. The van der Waals surface area contributed by atoms with Crippen LogP contribution in [0.5, 0.6) is 0 Å². The maximum Gasteiger partial charge on any atom is 0.269 e. The highest BCUT2D eigenvalue weighted by Gasteiger charge is 2.31. The topological polar surface area (TPSA) is 92.6 Å². The van der Waals surface area contributed by atoms with Gasteiger partial charge in [-0.2, -0.15) is 0 Å². The van der Waals surface area contributed by atoms with Crippen molar-refractivity contribution in [3.8, 4) is 0 Å². The van der Waals surface area contributed by atoms with E-state index in [0.717, 1.165) is 23.1 Å². The van der Waals surface area contributed by atoms with Gasteiger partial charge in [0.25, 0.3) is 5.69 Å². The van der Waals surface area contributed by atoms with E-state index in [-0.39, 0.29) is 35.8 Å². The van der Waals surface area contributed by atoms with E-state index in [1.54, 1.807) is 35.2 Å². The first-order valence-corrected chi connectivity index (χ1v) is 14.5. The van der Waals surface area contributed by atoms with Crippen LogP contribution in [0.15, 0.2) is 72.8 Å². The molecule has 0 aliphatic rings. The highest BCUT2D eigenvalue weighted by atomic mass is 35.5. The normalized spacial score (nSPS) is 12.4. The Bertz CT molecular complexity index is 1280. The number of nitro groups is 1. The molecule has 39 heavy (non-hydrogen) atoms. The van der Waals surface area contributed by atoms with Gasteiger partial charge in [0.05, 0.1) is 20.7 Å². The Hall–Kier alpha value is -3.07. The number of non-ortho nitro benzene ring substituents is 1. The van der Waals surface area contributed by atoms with Crippen LogP contribution in [-0.2, 0) is 28.3 Å². The second-order valence-corrected chi connectivity index (χ2v) is 11.0. The second kappa shape index (κ2) is 14.9. The number of benzene rings is 3. The molecular formula is C29H31Cl2N3O4S. The zero-order valence-corrected chi connectivity index (χ0v) is 24.1. The smallest absolute Gasteiger partial charge is 0.269 e. The van der Waals surface area contributed by atoms with Crippen LogP contribution in [0.1, 0.15) is 37.0 Å². The molecule has 0 bridgehead atoms. The summed E-state index contributed by atoms with van der Waals surface area (Å²) in [6.07, 6.45) is 1.11. The van der Waals surface area contributed by atoms with Crippen LogP contribution in [0.4, 0.5) is 5.69 Å². The number of halogens is 2. The lowest BCUT2D eigenvalue weighted by molar-refractivity contribution is -0.384. The molecule has 0 saturated carbocycles. The Kier molecular flexibility index (Phi) is 11.7. The van der Waals surface area contributed by atoms with Crippen LogP contribution in [-0.4, -0.2) is 39.5 Å². The molecule has 0 fully saturated rings. The summed E-state index contributed by atoms with van der Waals surface area (Å²) in [5.74, 6) is 0.197. The van der Waals surface area contributed by atoms with Crippen LogP contribution in [0.3, 0.4) is 0 Å². The molecule has 3 aromatic rings. The first-order chi connectivity index (χ1) is 18.7. The number of nitrogens with one attached hydrogen (secondary N) is 1. The number of amides is 2. The van der Waals surface area contributed by atoms with Crippen molar-refractivity contribution >= 4 is 52.5 Å². The molecular weight excluding hydrogens is 557 g/mol. The highest BCUT2D eigenvalue weighted by Crippen LogP contribution is 2.25. The van der Waals surface area contributed by atoms with Crippen LogP contribution in [0.2, 0.25) is 10.0 Å². The van der Waals surface area contributed by atoms with Crippen molar-refractivity contribution in [3.05, 3.63) is 110 Å². The molecule has 0 saturated heterocycles. The predicted molar refractivity (Wildman–Crippen MR) is 158 cm³/mol. The average molecular weight is 589 g/mol. The van der Waals surface area contributed by atoms with Gasteiger partial charge in [-0.3, -0.25) is 19.7 Å². The molecule has 0 aromatic heterocycles. The standard InChI is InChI=1S/C29H31Cl2N3O4S/c1-3-20(2)32-29(36)27(16-21-7-5-4-6-8-21)33(17-23-11-14-25(30)26(31)15-23)28(35)19-39-18-22-9-12-24(13-10-22)34(37)38/h4-15,20,27H,3,16-19H2,1-2H3,(H,32,36)/t20-,27+/m1/s1. The molecule has 1 N–H and O–H groups in total. The van der Waals surface area contributed by atoms with E-state index < -0.39 is 11.0 Å². The Labute approximate surface area is 243 Å². The molecule has 3 aromatic carbocycles. The Morgan fingerprint density at radius 1 is 0.974 bits per heavy atom. The van der Waals surface area contributed by atoms with E-state index >= 15 is 0 Å². The maximum atomic E-state index is 13.7. The Balaban J connectivity index is 1.85. The summed E-state index contributed by atoms with van der Waals surface area (Å²) in [6, 6.07) is 20.2. The zero-order chi connectivity index (χ0) is 28.4. The van der Waals surface area contributed by atoms with Gasteiger partial charge in [0.2, 0.25) is 11.8 Å². The quantitative estimate of drug-likeness (QED) is 0.177. The summed E-state index contributed by atoms with van der Waals surface area (Å²) in [5.41, 5.74) is 2.58. The molecule has 0 spiro atoms. The lowest BCUT2D eigenvalue weighted by Crippen LogP contribution is -2.52. The third kappa shape index (κ3) is 9.27. The van der Waals surface area contributed by atoms with E-state index in [4.69, 9.17) is 23.2 Å². The number of thioether (sulfide) groups is 1. The minimum atomic E-state index is -0.747. The molecule has 10 heteroatoms. The Morgan fingerprint density at radius 3 is 2.26 bits per heavy atom. The van der Waals surface area contributed by atoms with Gasteiger partial charge in [0.15, 0.2) is 0 Å². The van der Waals surface area contributed by atoms with Gasteiger partial charge in [0.1, 0.15) is 6.04 Å². The Morgan fingerprint density at radius 2 is 1.64 bits per heavy atom. The van der Waals surface area contributed by atoms with Crippen LogP contribution in [0.25, 0.3) is 0 Å². The van der Waals surface area contributed by atoms with Crippen molar-refractivity contribution in [1.82, 2.24) is 10.2 Å². The third-order valence-corrected chi connectivity index (χ3v) is 7.98. The molecule has 0 aliphatic carbocycles. The van der Waals surface area contributed by atoms with Crippen molar-refractivity contribution in [2.45, 2.75) is 51.1 Å². The van der Waals surface area contributed by atoms with Crippen molar-refractivity contribution in [3.63, 3.8) is 0 Å². The summed E-state index contributed by atoms with van der Waals surface area (Å²) in [4.78, 5) is 39.3. The fraction of sp³-hybridized carbons (Fsp3) is 0.310. The summed E-state index contributed by atoms with van der Waals surface area (Å²) in [6.45, 7) is 4.10. The van der Waals surface area contributed by atoms with Crippen molar-refractivity contribution < 1.29 is 14.5 Å². The SMILES string of the molecule is CC[C@@H](C)NC(=O)[C@H](Cc1ccccc1)N(Cc1ccc(Cl)c(Cl)c1)C(=O)CSCc1ccc([N+](=O)[O-])cc1. The highest BCUT2D eigenvalue weighted by molar-refractivity contribution is 7.99. The zero-order valence-electron chi connectivity index (χ0n) is 21.8. The minimum Gasteiger partial charge on any atom is -0.352 e. The van der Waals surface area contributed by atoms with Gasteiger partial charge >= 0.3 is 0 Å². The maximum absolute atomic E-state index is 13.7. The van der Waals surface area contributed by atoms with Crippen molar-refractivity contribution in [2.24, 2.45) is 0 Å². The van der Waals surface area contributed by atoms with Crippen LogP contribution in [0, 0.1) is 10.1 Å². The number of nitro benzene ring substituents is 1. The van der Waals surface area contributed by atoms with Crippen LogP contribution < -0.4 is 5.32 Å².